The Kier molecular flexibility index (Phi) is 5.53. The van der Waals surface area contributed by atoms with Crippen molar-refractivity contribution in [1.82, 2.24) is 10.2 Å². The summed E-state index contributed by atoms with van der Waals surface area (Å²) in [4.78, 5) is 14.2. The van der Waals surface area contributed by atoms with Gasteiger partial charge in [-0.1, -0.05) is 19.1 Å². The fraction of sp³-hybridized carbons (Fsp3) is 0.562. The molecule has 0 unspecified atom stereocenters. The molecule has 1 aromatic carbocycles. The van der Waals surface area contributed by atoms with E-state index in [9.17, 15) is 9.18 Å². The molecule has 0 aromatic heterocycles. The Morgan fingerprint density at radius 3 is 2.55 bits per heavy atom. The van der Waals surface area contributed by atoms with Crippen LogP contribution in [0.15, 0.2) is 24.3 Å². The molecule has 0 bridgehead atoms. The van der Waals surface area contributed by atoms with Crippen LogP contribution in [-0.2, 0) is 11.3 Å². The van der Waals surface area contributed by atoms with Gasteiger partial charge in [0, 0.05) is 19.0 Å². The highest BCUT2D eigenvalue weighted by Gasteiger charge is 2.24. The Morgan fingerprint density at radius 1 is 1.30 bits per heavy atom. The van der Waals surface area contributed by atoms with Crippen LogP contribution in [0, 0.1) is 11.7 Å². The molecule has 1 N–H and O–H groups in total. The fourth-order valence-electron chi connectivity index (χ4n) is 2.59. The Balaban J connectivity index is 1.76. The van der Waals surface area contributed by atoms with Gasteiger partial charge in [-0.3, -0.25) is 9.69 Å². The minimum atomic E-state index is -0.194. The van der Waals surface area contributed by atoms with Gasteiger partial charge in [0.25, 0.3) is 0 Å². The van der Waals surface area contributed by atoms with E-state index in [0.29, 0.717) is 0 Å². The first-order chi connectivity index (χ1) is 9.69. The zero-order valence-corrected chi connectivity index (χ0v) is 12.1. The molecule has 1 aliphatic rings. The first-order valence-corrected chi connectivity index (χ1v) is 7.43. The number of halogens is 1. The van der Waals surface area contributed by atoms with Crippen molar-refractivity contribution in [3.8, 4) is 0 Å². The van der Waals surface area contributed by atoms with Gasteiger partial charge in [0.1, 0.15) is 5.82 Å². The SMILES string of the molecule is CCCNC(=O)C1CCN(Cc2ccc(F)cc2)CC1. The first-order valence-electron chi connectivity index (χ1n) is 7.43. The molecule has 0 spiro atoms. The van der Waals surface area contributed by atoms with E-state index in [4.69, 9.17) is 0 Å². The summed E-state index contributed by atoms with van der Waals surface area (Å²) in [5.74, 6) is 0.166. The minimum Gasteiger partial charge on any atom is -0.356 e. The van der Waals surface area contributed by atoms with Gasteiger partial charge in [-0.05, 0) is 50.0 Å². The molecule has 0 saturated carbocycles. The summed E-state index contributed by atoms with van der Waals surface area (Å²) in [6.45, 7) is 5.53. The number of nitrogens with one attached hydrogen (secondary N) is 1. The lowest BCUT2D eigenvalue weighted by atomic mass is 9.95. The third-order valence-electron chi connectivity index (χ3n) is 3.83. The highest BCUT2D eigenvalue weighted by atomic mass is 19.1. The summed E-state index contributed by atoms with van der Waals surface area (Å²) in [7, 11) is 0. The molecule has 0 aliphatic carbocycles. The summed E-state index contributed by atoms with van der Waals surface area (Å²) in [6.07, 6.45) is 2.81. The van der Waals surface area contributed by atoms with E-state index in [0.717, 1.165) is 51.0 Å². The van der Waals surface area contributed by atoms with Crippen molar-refractivity contribution < 1.29 is 9.18 Å². The van der Waals surface area contributed by atoms with Crippen molar-refractivity contribution in [3.05, 3.63) is 35.6 Å². The van der Waals surface area contributed by atoms with Crippen molar-refractivity contribution in [2.45, 2.75) is 32.7 Å². The zero-order chi connectivity index (χ0) is 14.4. The molecule has 0 radical (unpaired) electrons. The standard InChI is InChI=1S/C16H23FN2O/c1-2-9-18-16(20)14-7-10-19(11-8-14)12-13-3-5-15(17)6-4-13/h3-6,14H,2,7-12H2,1H3,(H,18,20). The number of piperidine rings is 1. The molecule has 1 aliphatic heterocycles. The van der Waals surface area contributed by atoms with E-state index in [2.05, 4.69) is 17.1 Å². The van der Waals surface area contributed by atoms with Gasteiger partial charge in [-0.2, -0.15) is 0 Å². The van der Waals surface area contributed by atoms with Gasteiger partial charge < -0.3 is 5.32 Å². The van der Waals surface area contributed by atoms with Crippen LogP contribution in [0.1, 0.15) is 31.7 Å². The minimum absolute atomic E-state index is 0.158. The van der Waals surface area contributed by atoms with Crippen LogP contribution in [0.5, 0.6) is 0 Å². The molecule has 1 saturated heterocycles. The van der Waals surface area contributed by atoms with Gasteiger partial charge >= 0.3 is 0 Å². The van der Waals surface area contributed by atoms with Gasteiger partial charge in [0.2, 0.25) is 5.91 Å². The van der Waals surface area contributed by atoms with Crippen molar-refractivity contribution in [1.29, 1.82) is 0 Å². The Hall–Kier alpha value is -1.42. The number of nitrogens with zero attached hydrogens (tertiary/aromatic N) is 1. The van der Waals surface area contributed by atoms with E-state index in [1.165, 1.54) is 12.1 Å². The van der Waals surface area contributed by atoms with Crippen LogP contribution in [0.4, 0.5) is 4.39 Å². The van der Waals surface area contributed by atoms with Crippen molar-refractivity contribution in [2.75, 3.05) is 19.6 Å². The number of rotatable bonds is 5. The highest BCUT2D eigenvalue weighted by Crippen LogP contribution is 2.19. The summed E-state index contributed by atoms with van der Waals surface area (Å²) in [6, 6.07) is 6.66. The monoisotopic (exact) mass is 278 g/mol. The number of benzene rings is 1. The van der Waals surface area contributed by atoms with Crippen LogP contribution in [0.2, 0.25) is 0 Å². The fourth-order valence-corrected chi connectivity index (χ4v) is 2.59. The van der Waals surface area contributed by atoms with Gasteiger partial charge in [-0.15, -0.1) is 0 Å². The molecule has 1 aromatic rings. The van der Waals surface area contributed by atoms with Crippen LogP contribution in [0.3, 0.4) is 0 Å². The third-order valence-corrected chi connectivity index (χ3v) is 3.83. The topological polar surface area (TPSA) is 32.3 Å². The number of hydrogen-bond donors (Lipinski definition) is 1. The lowest BCUT2D eigenvalue weighted by Gasteiger charge is -2.31. The number of carbonyl (C=O) groups excluding carboxylic acids is 1. The lowest BCUT2D eigenvalue weighted by Crippen LogP contribution is -2.40. The quantitative estimate of drug-likeness (QED) is 0.898. The molecule has 3 nitrogen and oxygen atoms in total. The molecular weight excluding hydrogens is 255 g/mol. The third kappa shape index (κ3) is 4.30. The second-order valence-corrected chi connectivity index (χ2v) is 5.47. The lowest BCUT2D eigenvalue weighted by molar-refractivity contribution is -0.126. The number of amides is 1. The number of hydrogen-bond acceptors (Lipinski definition) is 2. The van der Waals surface area contributed by atoms with E-state index < -0.39 is 0 Å². The van der Waals surface area contributed by atoms with Crippen molar-refractivity contribution >= 4 is 5.91 Å². The van der Waals surface area contributed by atoms with E-state index in [1.807, 2.05) is 12.1 Å². The molecule has 20 heavy (non-hydrogen) atoms. The molecule has 110 valence electrons. The van der Waals surface area contributed by atoms with Crippen LogP contribution in [0.25, 0.3) is 0 Å². The molecule has 2 rings (SSSR count). The normalized spacial score (nSPS) is 17.1. The molecule has 1 fully saturated rings. The molecule has 1 heterocycles. The maximum absolute atomic E-state index is 12.8. The summed E-state index contributed by atoms with van der Waals surface area (Å²) < 4.78 is 12.8. The van der Waals surface area contributed by atoms with Gasteiger partial charge in [-0.25, -0.2) is 4.39 Å². The van der Waals surface area contributed by atoms with Crippen LogP contribution < -0.4 is 5.32 Å². The maximum atomic E-state index is 12.8. The average Bonchev–Trinajstić information content (AvgIpc) is 2.48. The number of likely N-dealkylation sites (tertiary alicyclic amines) is 1. The summed E-state index contributed by atoms with van der Waals surface area (Å²) >= 11 is 0. The van der Waals surface area contributed by atoms with Gasteiger partial charge in [0.05, 0.1) is 0 Å². The molecule has 4 heteroatoms. The Labute approximate surface area is 120 Å². The highest BCUT2D eigenvalue weighted by molar-refractivity contribution is 5.78. The Morgan fingerprint density at radius 2 is 1.95 bits per heavy atom. The van der Waals surface area contributed by atoms with Crippen molar-refractivity contribution in [2.24, 2.45) is 5.92 Å². The van der Waals surface area contributed by atoms with Crippen LogP contribution >= 0.6 is 0 Å². The summed E-state index contributed by atoms with van der Waals surface area (Å²) in [5, 5.41) is 2.97. The second-order valence-electron chi connectivity index (χ2n) is 5.47. The largest absolute Gasteiger partial charge is 0.356 e. The average molecular weight is 278 g/mol. The predicted octanol–water partition coefficient (Wildman–Crippen LogP) is 2.56. The zero-order valence-electron chi connectivity index (χ0n) is 12.1. The predicted molar refractivity (Wildman–Crippen MR) is 77.7 cm³/mol. The van der Waals surface area contributed by atoms with Gasteiger partial charge in [0.15, 0.2) is 0 Å². The van der Waals surface area contributed by atoms with E-state index in [-0.39, 0.29) is 17.6 Å². The second kappa shape index (κ2) is 7.39. The van der Waals surface area contributed by atoms with E-state index in [1.54, 1.807) is 0 Å². The first kappa shape index (κ1) is 15.0. The van der Waals surface area contributed by atoms with Crippen molar-refractivity contribution in [3.63, 3.8) is 0 Å². The number of carbonyl (C=O) groups is 1. The molecule has 1 amide bonds. The smallest absolute Gasteiger partial charge is 0.223 e. The molecular formula is C16H23FN2O. The maximum Gasteiger partial charge on any atom is 0.223 e. The molecule has 0 atom stereocenters. The summed E-state index contributed by atoms with van der Waals surface area (Å²) in [5.41, 5.74) is 1.13. The van der Waals surface area contributed by atoms with E-state index >= 15 is 0 Å². The van der Waals surface area contributed by atoms with Crippen LogP contribution in [-0.4, -0.2) is 30.4 Å². The Bertz CT molecular complexity index is 425.